The zero-order valence-corrected chi connectivity index (χ0v) is 8.97. The molecule has 2 atom stereocenters. The zero-order valence-electron chi connectivity index (χ0n) is 8.97. The number of rotatable bonds is 1. The van der Waals surface area contributed by atoms with Crippen LogP contribution in [0.1, 0.15) is 31.7 Å². The molecule has 0 saturated carbocycles. The molecule has 1 aliphatic rings. The summed E-state index contributed by atoms with van der Waals surface area (Å²) in [6, 6.07) is 0. The highest BCUT2D eigenvalue weighted by Crippen LogP contribution is 2.31. The van der Waals surface area contributed by atoms with Gasteiger partial charge in [0.1, 0.15) is 11.6 Å². The monoisotopic (exact) mass is 219 g/mol. The van der Waals surface area contributed by atoms with E-state index in [0.717, 1.165) is 12.8 Å². The van der Waals surface area contributed by atoms with Crippen molar-refractivity contribution >= 4 is 17.0 Å². The number of nitrogen functional groups attached to an aromatic ring is 1. The smallest absolute Gasteiger partial charge is 0.183 e. The van der Waals surface area contributed by atoms with E-state index in [-0.39, 0.29) is 12.2 Å². The summed E-state index contributed by atoms with van der Waals surface area (Å²) in [4.78, 5) is 15.6. The van der Waals surface area contributed by atoms with Gasteiger partial charge in [-0.3, -0.25) is 0 Å². The highest BCUT2D eigenvalue weighted by molar-refractivity contribution is 5.80. The van der Waals surface area contributed by atoms with Crippen molar-refractivity contribution in [2.45, 2.75) is 32.0 Å². The third-order valence-electron chi connectivity index (χ3n) is 2.85. The first-order valence-electron chi connectivity index (χ1n) is 5.36. The Morgan fingerprint density at radius 3 is 3.06 bits per heavy atom. The molecule has 6 heteroatoms. The normalized spacial score (nSPS) is 25.3. The molecular formula is C10H13N5O. The second kappa shape index (κ2) is 3.41. The van der Waals surface area contributed by atoms with E-state index in [1.54, 1.807) is 6.33 Å². The molecule has 3 heterocycles. The van der Waals surface area contributed by atoms with E-state index in [1.807, 2.05) is 0 Å². The summed E-state index contributed by atoms with van der Waals surface area (Å²) in [5.74, 6) is 1.07. The molecule has 84 valence electrons. The van der Waals surface area contributed by atoms with E-state index in [9.17, 15) is 0 Å². The van der Waals surface area contributed by atoms with Crippen molar-refractivity contribution in [3.8, 4) is 0 Å². The maximum atomic E-state index is 5.83. The lowest BCUT2D eigenvalue weighted by atomic mass is 10.2. The number of ether oxygens (including phenoxy) is 1. The van der Waals surface area contributed by atoms with Crippen LogP contribution in [0.4, 0.5) is 5.82 Å². The molecule has 2 aromatic rings. The Morgan fingerprint density at radius 1 is 1.44 bits per heavy atom. The average Bonchev–Trinajstić information content (AvgIpc) is 2.85. The lowest BCUT2D eigenvalue weighted by Gasteiger charge is -2.09. The van der Waals surface area contributed by atoms with Gasteiger partial charge in [-0.05, 0) is 19.8 Å². The molecule has 1 aliphatic heterocycles. The number of hydrogen-bond donors (Lipinski definition) is 2. The number of anilines is 1. The highest BCUT2D eigenvalue weighted by Gasteiger charge is 2.26. The third kappa shape index (κ3) is 1.42. The minimum atomic E-state index is -0.0431. The summed E-state index contributed by atoms with van der Waals surface area (Å²) in [6.45, 7) is 2.05. The number of H-pyrrole nitrogens is 1. The van der Waals surface area contributed by atoms with Gasteiger partial charge in [-0.1, -0.05) is 0 Å². The van der Waals surface area contributed by atoms with Crippen molar-refractivity contribution < 1.29 is 4.74 Å². The van der Waals surface area contributed by atoms with Crippen LogP contribution in [-0.4, -0.2) is 26.0 Å². The minimum absolute atomic E-state index is 0.0431. The van der Waals surface area contributed by atoms with E-state index in [4.69, 9.17) is 10.5 Å². The zero-order chi connectivity index (χ0) is 11.1. The van der Waals surface area contributed by atoms with Gasteiger partial charge in [0.25, 0.3) is 0 Å². The van der Waals surface area contributed by atoms with Crippen molar-refractivity contribution in [1.82, 2.24) is 19.9 Å². The lowest BCUT2D eigenvalue weighted by molar-refractivity contribution is 0.0506. The van der Waals surface area contributed by atoms with Crippen LogP contribution < -0.4 is 5.73 Å². The van der Waals surface area contributed by atoms with Crippen LogP contribution in [0.25, 0.3) is 11.2 Å². The maximum Gasteiger partial charge on any atom is 0.183 e. The van der Waals surface area contributed by atoms with Crippen molar-refractivity contribution in [3.63, 3.8) is 0 Å². The van der Waals surface area contributed by atoms with E-state index in [1.165, 1.54) is 0 Å². The van der Waals surface area contributed by atoms with Gasteiger partial charge in [-0.15, -0.1) is 0 Å². The summed E-state index contributed by atoms with van der Waals surface area (Å²) in [6.07, 6.45) is 3.77. The standard InChI is InChI=1S/C10H13N5O/c1-5-2-3-6(16-5)9-14-8(11)7-10(15-9)13-4-12-7/h4-6H,2-3H2,1H3,(H3,11,12,13,14,15). The van der Waals surface area contributed by atoms with Gasteiger partial charge in [-0.2, -0.15) is 0 Å². The lowest BCUT2D eigenvalue weighted by Crippen LogP contribution is -2.07. The molecule has 3 N–H and O–H groups in total. The molecule has 1 fully saturated rings. The van der Waals surface area contributed by atoms with Crippen LogP contribution >= 0.6 is 0 Å². The van der Waals surface area contributed by atoms with Crippen LogP contribution in [0.3, 0.4) is 0 Å². The first kappa shape index (κ1) is 9.53. The van der Waals surface area contributed by atoms with Crippen molar-refractivity contribution in [3.05, 3.63) is 12.2 Å². The van der Waals surface area contributed by atoms with Gasteiger partial charge in [0, 0.05) is 0 Å². The van der Waals surface area contributed by atoms with Crippen LogP contribution in [-0.2, 0) is 4.74 Å². The van der Waals surface area contributed by atoms with Gasteiger partial charge in [-0.25, -0.2) is 15.0 Å². The van der Waals surface area contributed by atoms with Crippen molar-refractivity contribution in [2.24, 2.45) is 0 Å². The molecule has 3 rings (SSSR count). The Balaban J connectivity index is 2.04. The van der Waals surface area contributed by atoms with Gasteiger partial charge < -0.3 is 15.5 Å². The average molecular weight is 219 g/mol. The Bertz CT molecular complexity index is 523. The topological polar surface area (TPSA) is 89.7 Å². The first-order valence-corrected chi connectivity index (χ1v) is 5.36. The van der Waals surface area contributed by atoms with E-state index in [2.05, 4.69) is 26.9 Å². The summed E-state index contributed by atoms with van der Waals surface area (Å²) >= 11 is 0. The number of nitrogens with two attached hydrogens (primary N) is 1. The molecule has 0 amide bonds. The molecule has 0 aliphatic carbocycles. The molecule has 0 aromatic carbocycles. The van der Waals surface area contributed by atoms with Gasteiger partial charge in [0.2, 0.25) is 0 Å². The van der Waals surface area contributed by atoms with E-state index in [0.29, 0.717) is 22.8 Å². The number of hydrogen-bond acceptors (Lipinski definition) is 5. The van der Waals surface area contributed by atoms with Crippen LogP contribution in [0.5, 0.6) is 0 Å². The van der Waals surface area contributed by atoms with Crippen molar-refractivity contribution in [1.29, 1.82) is 0 Å². The van der Waals surface area contributed by atoms with Gasteiger partial charge >= 0.3 is 0 Å². The third-order valence-corrected chi connectivity index (χ3v) is 2.85. The molecule has 0 spiro atoms. The molecule has 16 heavy (non-hydrogen) atoms. The first-order chi connectivity index (χ1) is 7.74. The number of fused-ring (bicyclic) bond motifs is 1. The Hall–Kier alpha value is -1.69. The number of aromatic amines is 1. The molecule has 2 unspecified atom stereocenters. The van der Waals surface area contributed by atoms with Crippen LogP contribution in [0.15, 0.2) is 6.33 Å². The van der Waals surface area contributed by atoms with Crippen LogP contribution in [0.2, 0.25) is 0 Å². The highest BCUT2D eigenvalue weighted by atomic mass is 16.5. The van der Waals surface area contributed by atoms with Crippen molar-refractivity contribution in [2.75, 3.05) is 5.73 Å². The van der Waals surface area contributed by atoms with E-state index < -0.39 is 0 Å². The summed E-state index contributed by atoms with van der Waals surface area (Å²) in [7, 11) is 0. The maximum absolute atomic E-state index is 5.83. The summed E-state index contributed by atoms with van der Waals surface area (Å²) < 4.78 is 5.71. The number of nitrogens with zero attached hydrogens (tertiary/aromatic N) is 3. The largest absolute Gasteiger partial charge is 0.382 e. The Morgan fingerprint density at radius 2 is 2.31 bits per heavy atom. The molecule has 6 nitrogen and oxygen atoms in total. The van der Waals surface area contributed by atoms with Crippen LogP contribution in [0, 0.1) is 0 Å². The predicted molar refractivity (Wildman–Crippen MR) is 58.6 cm³/mol. The molecular weight excluding hydrogens is 206 g/mol. The summed E-state index contributed by atoms with van der Waals surface area (Å²) in [5, 5.41) is 0. The number of aromatic nitrogens is 4. The second-order valence-electron chi connectivity index (χ2n) is 4.08. The molecule has 0 radical (unpaired) electrons. The minimum Gasteiger partial charge on any atom is -0.382 e. The number of imidazole rings is 1. The SMILES string of the molecule is CC1CCC(c2nc(N)c3[nH]cnc3n2)O1. The fourth-order valence-electron chi connectivity index (χ4n) is 2.01. The quantitative estimate of drug-likeness (QED) is 0.751. The fraction of sp³-hybridized carbons (Fsp3) is 0.500. The van der Waals surface area contributed by atoms with E-state index >= 15 is 0 Å². The summed E-state index contributed by atoms with van der Waals surface area (Å²) in [5.41, 5.74) is 7.12. The van der Waals surface area contributed by atoms with Gasteiger partial charge in [0.15, 0.2) is 17.3 Å². The molecule has 2 aromatic heterocycles. The number of nitrogens with one attached hydrogen (secondary N) is 1. The molecule has 1 saturated heterocycles. The van der Waals surface area contributed by atoms with Gasteiger partial charge in [0.05, 0.1) is 12.4 Å². The molecule has 0 bridgehead atoms. The Kier molecular flexibility index (Phi) is 2.03. The Labute approximate surface area is 92.3 Å². The fourth-order valence-corrected chi connectivity index (χ4v) is 2.01. The second-order valence-corrected chi connectivity index (χ2v) is 4.08. The predicted octanol–water partition coefficient (Wildman–Crippen LogP) is 1.18.